The second kappa shape index (κ2) is 7.79. The van der Waals surface area contributed by atoms with Gasteiger partial charge in [-0.15, -0.1) is 11.3 Å². The molecule has 0 saturated carbocycles. The van der Waals surface area contributed by atoms with Crippen LogP contribution in [0, 0.1) is 0 Å². The Hall–Kier alpha value is -2.39. The van der Waals surface area contributed by atoms with Crippen molar-refractivity contribution in [3.63, 3.8) is 0 Å². The van der Waals surface area contributed by atoms with Crippen LogP contribution in [0.15, 0.2) is 30.3 Å². The molecule has 1 atom stereocenters. The molecule has 1 aromatic heterocycles. The summed E-state index contributed by atoms with van der Waals surface area (Å²) in [4.78, 5) is 27.9. The molecule has 7 nitrogen and oxygen atoms in total. The Morgan fingerprint density at radius 1 is 1.31 bits per heavy atom. The molecule has 154 valence electrons. The summed E-state index contributed by atoms with van der Waals surface area (Å²) < 4.78 is 34.3. The van der Waals surface area contributed by atoms with Gasteiger partial charge in [0.15, 0.2) is 16.4 Å². The number of carbonyl (C=O) groups is 2. The average molecular weight is 436 g/mol. The fourth-order valence-corrected chi connectivity index (χ4v) is 6.56. The van der Waals surface area contributed by atoms with Gasteiger partial charge in [0.2, 0.25) is 0 Å². The van der Waals surface area contributed by atoms with Crippen LogP contribution < -0.4 is 4.74 Å². The maximum absolute atomic E-state index is 12.5. The number of benzene rings is 1. The van der Waals surface area contributed by atoms with Crippen LogP contribution in [0.2, 0.25) is 0 Å². The van der Waals surface area contributed by atoms with Crippen LogP contribution in [0.25, 0.3) is 10.4 Å². The predicted octanol–water partition coefficient (Wildman–Crippen LogP) is 2.50. The number of rotatable bonds is 5. The third-order valence-electron chi connectivity index (χ3n) is 5.16. The average Bonchev–Trinajstić information content (AvgIpc) is 3.30. The number of para-hydroxylation sites is 1. The monoisotopic (exact) mass is 435 g/mol. The molecule has 0 aliphatic carbocycles. The van der Waals surface area contributed by atoms with Gasteiger partial charge in [0.1, 0.15) is 17.2 Å². The molecule has 1 aromatic carbocycles. The number of fused-ring (bicyclic) bond motifs is 3. The van der Waals surface area contributed by atoms with E-state index in [1.54, 1.807) is 13.0 Å². The first-order valence-corrected chi connectivity index (χ1v) is 12.0. The third kappa shape index (κ3) is 4.02. The van der Waals surface area contributed by atoms with Crippen molar-refractivity contribution in [1.82, 2.24) is 4.90 Å². The summed E-state index contributed by atoms with van der Waals surface area (Å²) in [5.74, 6) is -0.103. The number of esters is 1. The predicted molar refractivity (Wildman–Crippen MR) is 109 cm³/mol. The molecule has 2 aromatic rings. The molecule has 1 unspecified atom stereocenters. The van der Waals surface area contributed by atoms with Gasteiger partial charge in [0, 0.05) is 28.6 Å². The molecule has 3 heterocycles. The summed E-state index contributed by atoms with van der Waals surface area (Å²) in [6, 6.07) is 9.03. The highest BCUT2D eigenvalue weighted by Crippen LogP contribution is 2.42. The van der Waals surface area contributed by atoms with E-state index in [1.165, 1.54) is 16.2 Å². The van der Waals surface area contributed by atoms with E-state index in [2.05, 4.69) is 0 Å². The van der Waals surface area contributed by atoms with Crippen molar-refractivity contribution in [1.29, 1.82) is 0 Å². The summed E-state index contributed by atoms with van der Waals surface area (Å²) in [6.45, 7) is 2.14. The number of amides is 1. The molecule has 1 amide bonds. The maximum atomic E-state index is 12.5. The Balaban J connectivity index is 1.42. The minimum Gasteiger partial charge on any atom is -0.488 e. The van der Waals surface area contributed by atoms with Crippen LogP contribution in [-0.2, 0) is 26.0 Å². The summed E-state index contributed by atoms with van der Waals surface area (Å²) in [7, 11) is -3.10. The van der Waals surface area contributed by atoms with E-state index < -0.39 is 22.4 Å². The highest BCUT2D eigenvalue weighted by atomic mass is 32.2. The second-order valence-electron chi connectivity index (χ2n) is 7.06. The van der Waals surface area contributed by atoms with Gasteiger partial charge >= 0.3 is 5.97 Å². The van der Waals surface area contributed by atoms with Crippen LogP contribution in [0.4, 0.5) is 0 Å². The Bertz CT molecular complexity index is 1060. The molecule has 9 heteroatoms. The van der Waals surface area contributed by atoms with E-state index in [9.17, 15) is 18.0 Å². The molecule has 1 saturated heterocycles. The van der Waals surface area contributed by atoms with Crippen molar-refractivity contribution in [3.8, 4) is 16.2 Å². The van der Waals surface area contributed by atoms with Crippen molar-refractivity contribution in [3.05, 3.63) is 40.8 Å². The number of nitrogens with zero attached hydrogens (tertiary/aromatic N) is 1. The molecular weight excluding hydrogens is 414 g/mol. The number of carbonyl (C=O) groups excluding carboxylic acids is 2. The van der Waals surface area contributed by atoms with Crippen molar-refractivity contribution < 1.29 is 27.5 Å². The standard InChI is InChI=1S/C20H21NO6S2/c1-2-21(14-7-8-29(24,25)12-14)18(22)11-27-20(23)17-9-13-10-26-16-6-4-3-5-15(16)19(13)28-17/h3-6,9,14H,2,7-8,10-12H2,1H3. The zero-order valence-corrected chi connectivity index (χ0v) is 17.6. The summed E-state index contributed by atoms with van der Waals surface area (Å²) in [5.41, 5.74) is 1.85. The van der Waals surface area contributed by atoms with Crippen molar-refractivity contribution in [2.75, 3.05) is 24.7 Å². The zero-order chi connectivity index (χ0) is 20.6. The molecular formula is C20H21NO6S2. The summed E-state index contributed by atoms with van der Waals surface area (Å²) in [6.07, 6.45) is 0.424. The topological polar surface area (TPSA) is 90.0 Å². The highest BCUT2D eigenvalue weighted by Gasteiger charge is 2.34. The smallest absolute Gasteiger partial charge is 0.348 e. The quantitative estimate of drug-likeness (QED) is 0.671. The van der Waals surface area contributed by atoms with Crippen LogP contribution in [0.1, 0.15) is 28.6 Å². The van der Waals surface area contributed by atoms with Gasteiger partial charge in [-0.25, -0.2) is 13.2 Å². The number of hydrogen-bond donors (Lipinski definition) is 0. The molecule has 4 rings (SSSR count). The largest absolute Gasteiger partial charge is 0.488 e. The third-order valence-corrected chi connectivity index (χ3v) is 8.10. The highest BCUT2D eigenvalue weighted by molar-refractivity contribution is 7.91. The fraction of sp³-hybridized carbons (Fsp3) is 0.400. The van der Waals surface area contributed by atoms with E-state index in [4.69, 9.17) is 9.47 Å². The first kappa shape index (κ1) is 19.9. The van der Waals surface area contributed by atoms with Crippen LogP contribution in [-0.4, -0.2) is 55.9 Å². The Morgan fingerprint density at radius 3 is 2.83 bits per heavy atom. The first-order chi connectivity index (χ1) is 13.9. The fourth-order valence-electron chi connectivity index (χ4n) is 3.74. The molecule has 0 N–H and O–H groups in total. The number of thiophene rings is 1. The van der Waals surface area contributed by atoms with Gasteiger partial charge in [-0.2, -0.15) is 0 Å². The number of ether oxygens (including phenoxy) is 2. The van der Waals surface area contributed by atoms with Crippen LogP contribution >= 0.6 is 11.3 Å². The van der Waals surface area contributed by atoms with Gasteiger partial charge in [-0.05, 0) is 31.5 Å². The zero-order valence-electron chi connectivity index (χ0n) is 15.9. The van der Waals surface area contributed by atoms with Gasteiger partial charge in [0.25, 0.3) is 5.91 Å². The molecule has 0 spiro atoms. The van der Waals surface area contributed by atoms with Gasteiger partial charge in [0.05, 0.1) is 11.5 Å². The van der Waals surface area contributed by atoms with Gasteiger partial charge < -0.3 is 14.4 Å². The lowest BCUT2D eigenvalue weighted by Gasteiger charge is -2.26. The van der Waals surface area contributed by atoms with Crippen molar-refractivity contribution in [2.24, 2.45) is 0 Å². The van der Waals surface area contributed by atoms with Gasteiger partial charge in [-0.3, -0.25) is 4.79 Å². The maximum Gasteiger partial charge on any atom is 0.348 e. The van der Waals surface area contributed by atoms with Gasteiger partial charge in [-0.1, -0.05) is 12.1 Å². The van der Waals surface area contributed by atoms with E-state index in [1.807, 2.05) is 24.3 Å². The molecule has 2 aliphatic rings. The van der Waals surface area contributed by atoms with Crippen molar-refractivity contribution >= 4 is 33.1 Å². The lowest BCUT2D eigenvalue weighted by Crippen LogP contribution is -2.43. The normalized spacial score (nSPS) is 19.0. The van der Waals surface area contributed by atoms with E-state index >= 15 is 0 Å². The Kier molecular flexibility index (Phi) is 5.35. The van der Waals surface area contributed by atoms with Crippen molar-refractivity contribution in [2.45, 2.75) is 26.0 Å². The lowest BCUT2D eigenvalue weighted by atomic mass is 10.1. The number of likely N-dealkylation sites (N-methyl/N-ethyl adjacent to an activating group) is 1. The van der Waals surface area contributed by atoms with Crippen LogP contribution in [0.3, 0.4) is 0 Å². The minimum atomic E-state index is -3.10. The number of hydrogen-bond acceptors (Lipinski definition) is 7. The summed E-state index contributed by atoms with van der Waals surface area (Å²) in [5, 5.41) is 0. The minimum absolute atomic E-state index is 0.0302. The van der Waals surface area contributed by atoms with E-state index in [-0.39, 0.29) is 23.5 Å². The SMILES string of the molecule is CCN(C(=O)COC(=O)c1cc2c(s1)-c1ccccc1OC2)C1CCS(=O)(=O)C1. The molecule has 0 radical (unpaired) electrons. The first-order valence-electron chi connectivity index (χ1n) is 9.40. The second-order valence-corrected chi connectivity index (χ2v) is 10.3. The van der Waals surface area contributed by atoms with E-state index in [0.29, 0.717) is 24.4 Å². The molecule has 0 bridgehead atoms. The van der Waals surface area contributed by atoms with Crippen LogP contribution in [0.5, 0.6) is 5.75 Å². The Morgan fingerprint density at radius 2 is 2.10 bits per heavy atom. The Labute approximate surface area is 173 Å². The molecule has 1 fully saturated rings. The lowest BCUT2D eigenvalue weighted by molar-refractivity contribution is -0.136. The molecule has 29 heavy (non-hydrogen) atoms. The molecule has 2 aliphatic heterocycles. The number of sulfone groups is 1. The summed E-state index contributed by atoms with van der Waals surface area (Å²) >= 11 is 1.32. The van der Waals surface area contributed by atoms with E-state index in [0.717, 1.165) is 21.8 Å².